The summed E-state index contributed by atoms with van der Waals surface area (Å²) in [5.74, 6) is -2.02. The van der Waals surface area contributed by atoms with Crippen molar-refractivity contribution in [3.05, 3.63) is 89.0 Å². The zero-order valence-corrected chi connectivity index (χ0v) is 18.2. The van der Waals surface area contributed by atoms with Crippen LogP contribution in [-0.2, 0) is 14.3 Å². The van der Waals surface area contributed by atoms with Crippen LogP contribution in [0.1, 0.15) is 42.7 Å². The molecule has 1 aliphatic carbocycles. The first-order chi connectivity index (χ1) is 15.4. The molecule has 1 N–H and O–H groups in total. The first-order valence-electron chi connectivity index (χ1n) is 10.7. The molecule has 3 unspecified atom stereocenters. The Labute approximate surface area is 186 Å². The average Bonchev–Trinajstić information content (AvgIpc) is 2.78. The molecule has 4 rings (SSSR count). The largest absolute Gasteiger partial charge is 0.497 e. The lowest BCUT2D eigenvalue weighted by molar-refractivity contribution is -0.147. The van der Waals surface area contributed by atoms with Gasteiger partial charge < -0.3 is 14.8 Å². The number of ether oxygens (including phenoxy) is 2. The molecule has 32 heavy (non-hydrogen) atoms. The molecule has 0 saturated carbocycles. The third kappa shape index (κ3) is 3.93. The van der Waals surface area contributed by atoms with Crippen LogP contribution in [0.2, 0.25) is 0 Å². The van der Waals surface area contributed by atoms with E-state index < -0.39 is 23.6 Å². The van der Waals surface area contributed by atoms with Gasteiger partial charge in [-0.3, -0.25) is 9.59 Å². The van der Waals surface area contributed by atoms with Gasteiger partial charge in [0.05, 0.1) is 13.7 Å². The molecule has 5 nitrogen and oxygen atoms in total. The van der Waals surface area contributed by atoms with Gasteiger partial charge in [0.25, 0.3) is 0 Å². The fourth-order valence-electron chi connectivity index (χ4n) is 4.73. The molecule has 0 fully saturated rings. The molecular formula is C26H26FNO4. The fraction of sp³-hybridized carbons (Fsp3) is 0.308. The molecular weight excluding hydrogens is 409 g/mol. The van der Waals surface area contributed by atoms with Crippen molar-refractivity contribution in [2.75, 3.05) is 13.7 Å². The van der Waals surface area contributed by atoms with Crippen LogP contribution < -0.4 is 10.1 Å². The van der Waals surface area contributed by atoms with Crippen molar-refractivity contribution in [3.8, 4) is 5.75 Å². The number of nitrogens with one attached hydrogen (secondary N) is 1. The Morgan fingerprint density at radius 3 is 2.53 bits per heavy atom. The van der Waals surface area contributed by atoms with E-state index in [1.807, 2.05) is 24.3 Å². The Bertz CT molecular complexity index is 1090. The monoisotopic (exact) mass is 435 g/mol. The van der Waals surface area contributed by atoms with Crippen molar-refractivity contribution in [2.24, 2.45) is 5.92 Å². The molecule has 1 heterocycles. The Morgan fingerprint density at radius 2 is 1.88 bits per heavy atom. The molecule has 166 valence electrons. The van der Waals surface area contributed by atoms with E-state index in [1.165, 1.54) is 6.07 Å². The Morgan fingerprint density at radius 1 is 1.16 bits per heavy atom. The maximum Gasteiger partial charge on any atom is 0.315 e. The van der Waals surface area contributed by atoms with Crippen molar-refractivity contribution >= 4 is 11.8 Å². The third-order valence-electron chi connectivity index (χ3n) is 6.21. The maximum atomic E-state index is 14.9. The molecule has 0 bridgehead atoms. The Balaban J connectivity index is 1.78. The first kappa shape index (κ1) is 21.8. The molecule has 2 aliphatic rings. The van der Waals surface area contributed by atoms with Gasteiger partial charge in [0.1, 0.15) is 17.5 Å². The van der Waals surface area contributed by atoms with E-state index in [0.717, 1.165) is 11.3 Å². The van der Waals surface area contributed by atoms with Gasteiger partial charge in [-0.25, -0.2) is 4.39 Å². The van der Waals surface area contributed by atoms with Crippen LogP contribution in [0.5, 0.6) is 5.75 Å². The summed E-state index contributed by atoms with van der Waals surface area (Å²) in [5.41, 5.74) is 2.88. The van der Waals surface area contributed by atoms with E-state index in [1.54, 1.807) is 32.2 Å². The Hall–Kier alpha value is -3.41. The maximum absolute atomic E-state index is 14.9. The molecule has 2 aromatic rings. The van der Waals surface area contributed by atoms with Crippen LogP contribution >= 0.6 is 0 Å². The van der Waals surface area contributed by atoms with Crippen LogP contribution in [0.4, 0.5) is 4.39 Å². The van der Waals surface area contributed by atoms with E-state index >= 15 is 0 Å². The number of benzene rings is 2. The second-order valence-electron chi connectivity index (χ2n) is 8.07. The van der Waals surface area contributed by atoms with Crippen molar-refractivity contribution in [1.29, 1.82) is 0 Å². The predicted molar refractivity (Wildman–Crippen MR) is 119 cm³/mol. The zero-order valence-electron chi connectivity index (χ0n) is 18.2. The van der Waals surface area contributed by atoms with Crippen molar-refractivity contribution in [2.45, 2.75) is 31.6 Å². The topological polar surface area (TPSA) is 64.6 Å². The van der Waals surface area contributed by atoms with Crippen LogP contribution in [0, 0.1) is 11.7 Å². The number of hydrogen-bond donors (Lipinski definition) is 1. The highest BCUT2D eigenvalue weighted by Gasteiger charge is 2.46. The standard InChI is InChI=1S/C26H26FNO4/c1-4-32-26(30)23-15(2)28-21-13-17(16-9-11-18(31-3)12-10-16)14-22(29)25(21)24(23)19-7-5-6-8-20(19)27/h5-12,17,23-24,28H,2,4,13-14H2,1,3H3. The fourth-order valence-corrected chi connectivity index (χ4v) is 4.73. The van der Waals surface area contributed by atoms with Gasteiger partial charge in [0.15, 0.2) is 5.78 Å². The minimum atomic E-state index is -0.882. The van der Waals surface area contributed by atoms with Crippen LogP contribution in [-0.4, -0.2) is 25.5 Å². The summed E-state index contributed by atoms with van der Waals surface area (Å²) in [5, 5.41) is 3.20. The number of carbonyl (C=O) groups excluding carboxylic acids is 2. The van der Waals surface area contributed by atoms with E-state index in [2.05, 4.69) is 11.9 Å². The molecule has 0 saturated heterocycles. The number of halogens is 1. The molecule has 2 aromatic carbocycles. The highest BCUT2D eigenvalue weighted by Crippen LogP contribution is 2.47. The average molecular weight is 435 g/mol. The van der Waals surface area contributed by atoms with Gasteiger partial charge in [-0.1, -0.05) is 36.9 Å². The van der Waals surface area contributed by atoms with E-state index in [4.69, 9.17) is 9.47 Å². The van der Waals surface area contributed by atoms with Crippen LogP contribution in [0.3, 0.4) is 0 Å². The molecule has 0 aromatic heterocycles. The minimum Gasteiger partial charge on any atom is -0.497 e. The first-order valence-corrected chi connectivity index (χ1v) is 10.7. The number of hydrogen-bond acceptors (Lipinski definition) is 5. The number of allylic oxidation sites excluding steroid dienone is 2. The van der Waals surface area contributed by atoms with E-state index in [9.17, 15) is 14.0 Å². The minimum absolute atomic E-state index is 0.0344. The number of carbonyl (C=O) groups is 2. The molecule has 1 aliphatic heterocycles. The van der Waals surface area contributed by atoms with Crippen LogP contribution in [0.25, 0.3) is 0 Å². The SMILES string of the molecule is C=C1NC2=C(C(=O)CC(c3ccc(OC)cc3)C2)C(c2ccccc2F)C1C(=O)OCC. The van der Waals surface area contributed by atoms with Crippen molar-refractivity contribution in [3.63, 3.8) is 0 Å². The van der Waals surface area contributed by atoms with Gasteiger partial charge in [-0.2, -0.15) is 0 Å². The summed E-state index contributed by atoms with van der Waals surface area (Å²) < 4.78 is 25.4. The predicted octanol–water partition coefficient (Wildman–Crippen LogP) is 4.61. The second-order valence-corrected chi connectivity index (χ2v) is 8.07. The van der Waals surface area contributed by atoms with Crippen molar-refractivity contribution in [1.82, 2.24) is 5.32 Å². The lowest BCUT2D eigenvalue weighted by atomic mass is 9.69. The number of esters is 1. The molecule has 0 spiro atoms. The number of Topliss-reactive ketones (excluding diaryl/α,β-unsaturated/α-hetero) is 1. The third-order valence-corrected chi connectivity index (χ3v) is 6.21. The highest BCUT2D eigenvalue weighted by atomic mass is 19.1. The Kier molecular flexibility index (Phi) is 6.12. The summed E-state index contributed by atoms with van der Waals surface area (Å²) in [6.45, 7) is 5.94. The smallest absolute Gasteiger partial charge is 0.315 e. The summed E-state index contributed by atoms with van der Waals surface area (Å²) in [7, 11) is 1.61. The van der Waals surface area contributed by atoms with Crippen molar-refractivity contribution < 1.29 is 23.5 Å². The summed E-state index contributed by atoms with van der Waals surface area (Å²) in [6.07, 6.45) is 0.840. The molecule has 0 amide bonds. The summed E-state index contributed by atoms with van der Waals surface area (Å²) in [6, 6.07) is 13.9. The quantitative estimate of drug-likeness (QED) is 0.695. The number of methoxy groups -OCH3 is 1. The highest BCUT2D eigenvalue weighted by molar-refractivity contribution is 6.01. The van der Waals surface area contributed by atoms with E-state index in [-0.39, 0.29) is 24.7 Å². The number of ketones is 1. The lowest BCUT2D eigenvalue weighted by Crippen LogP contribution is -2.42. The van der Waals surface area contributed by atoms with Gasteiger partial charge >= 0.3 is 5.97 Å². The summed E-state index contributed by atoms with van der Waals surface area (Å²) in [4.78, 5) is 26.3. The van der Waals surface area contributed by atoms with Gasteiger partial charge in [0.2, 0.25) is 0 Å². The van der Waals surface area contributed by atoms with E-state index in [0.29, 0.717) is 29.0 Å². The molecule has 0 radical (unpaired) electrons. The second kappa shape index (κ2) is 8.99. The lowest BCUT2D eigenvalue weighted by Gasteiger charge is -2.40. The number of rotatable bonds is 5. The normalized spacial score (nSPS) is 22.8. The van der Waals surface area contributed by atoms with Crippen LogP contribution in [0.15, 0.2) is 72.1 Å². The van der Waals surface area contributed by atoms with Gasteiger partial charge in [-0.05, 0) is 48.6 Å². The molecule has 6 heteroatoms. The zero-order chi connectivity index (χ0) is 22.8. The summed E-state index contributed by atoms with van der Waals surface area (Å²) >= 11 is 0. The van der Waals surface area contributed by atoms with Gasteiger partial charge in [0, 0.05) is 29.3 Å². The van der Waals surface area contributed by atoms with Gasteiger partial charge in [-0.15, -0.1) is 0 Å². The molecule has 3 atom stereocenters.